The lowest BCUT2D eigenvalue weighted by Gasteiger charge is -2.23. The number of carbonyl (C=O) groups excluding carboxylic acids is 2. The first-order chi connectivity index (χ1) is 12.0. The third kappa shape index (κ3) is 4.46. The van der Waals surface area contributed by atoms with Crippen LogP contribution in [0.2, 0.25) is 0 Å². The minimum atomic E-state index is -1.58. The molecule has 1 heterocycles. The van der Waals surface area contributed by atoms with Crippen molar-refractivity contribution in [2.24, 2.45) is 0 Å². The van der Waals surface area contributed by atoms with E-state index in [1.165, 1.54) is 13.2 Å². The van der Waals surface area contributed by atoms with Crippen LogP contribution in [0.25, 0.3) is 6.08 Å². The number of carbonyl (C=O) groups is 2. The molecule has 2 atom stereocenters. The van der Waals surface area contributed by atoms with Gasteiger partial charge < -0.3 is 14.8 Å². The summed E-state index contributed by atoms with van der Waals surface area (Å²) < 4.78 is 10.8. The van der Waals surface area contributed by atoms with Gasteiger partial charge in [0.05, 0.1) is 13.7 Å². The van der Waals surface area contributed by atoms with E-state index in [1.54, 1.807) is 24.3 Å². The van der Waals surface area contributed by atoms with Crippen LogP contribution in [0.4, 0.5) is 4.79 Å². The normalized spacial score (nSPS) is 20.1. The number of benzene rings is 1. The second-order valence-corrected chi connectivity index (χ2v) is 5.34. The van der Waals surface area contributed by atoms with E-state index in [0.29, 0.717) is 23.7 Å². The SMILES string of the molecule is CCCOc1ccc(/C=C/[C@@H]2NC(=O)NC(=O)[C@@H]2[N+](=O)[O-])cc1OC. The monoisotopic (exact) mass is 349 g/mol. The lowest BCUT2D eigenvalue weighted by atomic mass is 10.0. The maximum atomic E-state index is 11.6. The molecule has 9 nitrogen and oxygen atoms in total. The molecule has 0 bridgehead atoms. The third-order valence-electron chi connectivity index (χ3n) is 3.52. The van der Waals surface area contributed by atoms with Crippen molar-refractivity contribution in [2.75, 3.05) is 13.7 Å². The summed E-state index contributed by atoms with van der Waals surface area (Å²) in [6.07, 6.45) is 3.84. The molecule has 1 aliphatic heterocycles. The number of nitrogens with one attached hydrogen (secondary N) is 2. The molecule has 1 saturated heterocycles. The first-order valence-corrected chi connectivity index (χ1v) is 7.70. The van der Waals surface area contributed by atoms with Gasteiger partial charge in [0.15, 0.2) is 11.5 Å². The zero-order valence-electron chi connectivity index (χ0n) is 13.9. The molecule has 1 fully saturated rings. The number of nitrogens with zero attached hydrogens (tertiary/aromatic N) is 1. The Bertz CT molecular complexity index is 703. The van der Waals surface area contributed by atoms with Gasteiger partial charge in [0.2, 0.25) is 0 Å². The highest BCUT2D eigenvalue weighted by molar-refractivity contribution is 6.00. The van der Waals surface area contributed by atoms with Crippen molar-refractivity contribution in [3.63, 3.8) is 0 Å². The molecule has 1 aliphatic rings. The van der Waals surface area contributed by atoms with E-state index in [0.717, 1.165) is 6.42 Å². The molecule has 2 N–H and O–H groups in total. The van der Waals surface area contributed by atoms with Crippen LogP contribution in [0.1, 0.15) is 18.9 Å². The number of ether oxygens (including phenoxy) is 2. The van der Waals surface area contributed by atoms with Crippen LogP contribution in [0.15, 0.2) is 24.3 Å². The largest absolute Gasteiger partial charge is 0.493 e. The molecule has 9 heteroatoms. The van der Waals surface area contributed by atoms with E-state index in [9.17, 15) is 19.7 Å². The fraction of sp³-hybridized carbons (Fsp3) is 0.375. The number of hydrogen-bond acceptors (Lipinski definition) is 6. The molecule has 2 rings (SSSR count). The Labute approximate surface area is 144 Å². The van der Waals surface area contributed by atoms with Crippen LogP contribution in [0, 0.1) is 10.1 Å². The van der Waals surface area contributed by atoms with E-state index in [-0.39, 0.29) is 0 Å². The molecule has 0 aromatic heterocycles. The molecule has 134 valence electrons. The van der Waals surface area contributed by atoms with E-state index >= 15 is 0 Å². The van der Waals surface area contributed by atoms with Gasteiger partial charge in [-0.2, -0.15) is 0 Å². The first kappa shape index (κ1) is 18.2. The molecule has 3 amide bonds. The van der Waals surface area contributed by atoms with Gasteiger partial charge >= 0.3 is 18.0 Å². The summed E-state index contributed by atoms with van der Waals surface area (Å²) in [6, 6.07) is 1.79. The van der Waals surface area contributed by atoms with Crippen molar-refractivity contribution in [3.8, 4) is 11.5 Å². The van der Waals surface area contributed by atoms with E-state index in [1.807, 2.05) is 12.2 Å². The average Bonchev–Trinajstić information content (AvgIpc) is 2.57. The number of rotatable bonds is 7. The van der Waals surface area contributed by atoms with Gasteiger partial charge in [-0.3, -0.25) is 20.2 Å². The molecule has 1 aromatic carbocycles. The van der Waals surface area contributed by atoms with E-state index in [4.69, 9.17) is 9.47 Å². The lowest BCUT2D eigenvalue weighted by molar-refractivity contribution is -0.510. The minimum Gasteiger partial charge on any atom is -0.493 e. The highest BCUT2D eigenvalue weighted by Gasteiger charge is 2.43. The summed E-state index contributed by atoms with van der Waals surface area (Å²) in [5.41, 5.74) is 0.683. The number of methoxy groups -OCH3 is 1. The van der Waals surface area contributed by atoms with Gasteiger partial charge in [-0.1, -0.05) is 25.1 Å². The highest BCUT2D eigenvalue weighted by atomic mass is 16.6. The molecule has 1 aromatic rings. The Morgan fingerprint density at radius 1 is 1.32 bits per heavy atom. The number of amides is 3. The maximum Gasteiger partial charge on any atom is 0.322 e. The van der Waals surface area contributed by atoms with Crippen LogP contribution in [-0.2, 0) is 4.79 Å². The summed E-state index contributed by atoms with van der Waals surface area (Å²) in [4.78, 5) is 33.3. The molecule has 0 radical (unpaired) electrons. The summed E-state index contributed by atoms with van der Waals surface area (Å²) in [5, 5.41) is 15.3. The molecule has 25 heavy (non-hydrogen) atoms. The van der Waals surface area contributed by atoms with Crippen LogP contribution < -0.4 is 20.1 Å². The average molecular weight is 349 g/mol. The van der Waals surface area contributed by atoms with Crippen LogP contribution in [0.5, 0.6) is 11.5 Å². The topological polar surface area (TPSA) is 120 Å². The van der Waals surface area contributed by atoms with Crippen molar-refractivity contribution < 1.29 is 24.0 Å². The van der Waals surface area contributed by atoms with Crippen LogP contribution in [-0.4, -0.2) is 42.7 Å². The van der Waals surface area contributed by atoms with Crippen molar-refractivity contribution in [1.82, 2.24) is 10.6 Å². The standard InChI is InChI=1S/C16H19N3O6/c1-3-8-25-12-7-5-10(9-13(12)24-2)4-6-11-14(19(22)23)15(20)18-16(21)17-11/h4-7,9,11,14H,3,8H2,1-2H3,(H2,17,18,20,21)/b6-4+/t11-,14+/m0/s1. The Morgan fingerprint density at radius 3 is 2.72 bits per heavy atom. The van der Waals surface area contributed by atoms with Gasteiger partial charge in [0.1, 0.15) is 6.04 Å². The summed E-state index contributed by atoms with van der Waals surface area (Å²) in [6.45, 7) is 2.54. The summed E-state index contributed by atoms with van der Waals surface area (Å²) in [7, 11) is 1.51. The first-order valence-electron chi connectivity index (χ1n) is 7.70. The Hall–Kier alpha value is -3.10. The van der Waals surface area contributed by atoms with Crippen molar-refractivity contribution in [2.45, 2.75) is 25.4 Å². The summed E-state index contributed by atoms with van der Waals surface area (Å²) >= 11 is 0. The quantitative estimate of drug-likeness (QED) is 0.566. The van der Waals surface area contributed by atoms with Gasteiger partial charge in [0.25, 0.3) is 0 Å². The van der Waals surface area contributed by atoms with Gasteiger partial charge in [-0.25, -0.2) is 4.79 Å². The number of nitro groups is 1. The number of urea groups is 1. The number of hydrogen-bond donors (Lipinski definition) is 2. The third-order valence-corrected chi connectivity index (χ3v) is 3.52. The van der Waals surface area contributed by atoms with Crippen molar-refractivity contribution in [1.29, 1.82) is 0 Å². The van der Waals surface area contributed by atoms with Crippen molar-refractivity contribution in [3.05, 3.63) is 40.0 Å². The molecule has 0 aliphatic carbocycles. The fourth-order valence-corrected chi connectivity index (χ4v) is 2.33. The molecule has 0 spiro atoms. The van der Waals surface area contributed by atoms with E-state index in [2.05, 4.69) is 5.32 Å². The summed E-state index contributed by atoms with van der Waals surface area (Å²) in [5.74, 6) is 0.172. The smallest absolute Gasteiger partial charge is 0.322 e. The highest BCUT2D eigenvalue weighted by Crippen LogP contribution is 2.28. The Morgan fingerprint density at radius 2 is 2.08 bits per heavy atom. The Balaban J connectivity index is 2.20. The minimum absolute atomic E-state index is 0.520. The maximum absolute atomic E-state index is 11.6. The van der Waals surface area contributed by atoms with Crippen molar-refractivity contribution >= 4 is 18.0 Å². The van der Waals surface area contributed by atoms with Gasteiger partial charge in [0, 0.05) is 4.92 Å². The second kappa shape index (κ2) is 8.13. The van der Waals surface area contributed by atoms with Gasteiger partial charge in [-0.05, 0) is 24.1 Å². The Kier molecular flexibility index (Phi) is 5.93. The number of imide groups is 1. The van der Waals surface area contributed by atoms with E-state index < -0.39 is 28.9 Å². The predicted octanol–water partition coefficient (Wildman–Crippen LogP) is 1.35. The van der Waals surface area contributed by atoms with Gasteiger partial charge in [-0.15, -0.1) is 0 Å². The van der Waals surface area contributed by atoms with Crippen LogP contribution >= 0.6 is 0 Å². The zero-order chi connectivity index (χ0) is 18.4. The second-order valence-electron chi connectivity index (χ2n) is 5.34. The van der Waals surface area contributed by atoms with Crippen LogP contribution in [0.3, 0.4) is 0 Å². The predicted molar refractivity (Wildman–Crippen MR) is 89.1 cm³/mol. The zero-order valence-corrected chi connectivity index (χ0v) is 13.9. The lowest BCUT2D eigenvalue weighted by Crippen LogP contribution is -2.62. The fourth-order valence-electron chi connectivity index (χ4n) is 2.33. The molecule has 0 unspecified atom stereocenters. The molecular formula is C16H19N3O6. The molecular weight excluding hydrogens is 330 g/mol. The molecule has 0 saturated carbocycles.